The smallest absolute Gasteiger partial charge is 0.245 e. The van der Waals surface area contributed by atoms with Gasteiger partial charge < -0.3 is 14.6 Å². The van der Waals surface area contributed by atoms with E-state index in [-0.39, 0.29) is 24.1 Å². The zero-order valence-electron chi connectivity index (χ0n) is 18.0. The van der Waals surface area contributed by atoms with E-state index >= 15 is 0 Å². The Labute approximate surface area is 190 Å². The second-order valence-corrected chi connectivity index (χ2v) is 8.91. The lowest BCUT2D eigenvalue weighted by Gasteiger charge is -2.31. The third kappa shape index (κ3) is 5.24. The summed E-state index contributed by atoms with van der Waals surface area (Å²) in [5.74, 6) is 0.413. The number of hydrogen-bond acceptors (Lipinski definition) is 5. The van der Waals surface area contributed by atoms with Gasteiger partial charge in [-0.2, -0.15) is 0 Å². The first-order chi connectivity index (χ1) is 15.5. The molecule has 3 heterocycles. The summed E-state index contributed by atoms with van der Waals surface area (Å²) in [7, 11) is 0. The van der Waals surface area contributed by atoms with Gasteiger partial charge >= 0.3 is 0 Å². The first-order valence-corrected chi connectivity index (χ1v) is 11.8. The number of aromatic nitrogens is 1. The van der Waals surface area contributed by atoms with Gasteiger partial charge in [-0.1, -0.05) is 13.3 Å². The number of nitrogens with zero attached hydrogens (tertiary/aromatic N) is 2. The quantitative estimate of drug-likeness (QED) is 0.548. The Bertz CT molecular complexity index is 1080. The van der Waals surface area contributed by atoms with Crippen molar-refractivity contribution in [2.75, 3.05) is 6.54 Å². The normalized spacial score (nSPS) is 14.1. The number of fused-ring (bicyclic) bond motifs is 1. The molecule has 1 atom stereocenters. The zero-order valence-corrected chi connectivity index (χ0v) is 18.8. The monoisotopic (exact) mass is 455 g/mol. The van der Waals surface area contributed by atoms with Crippen LogP contribution >= 0.6 is 11.3 Å². The summed E-state index contributed by atoms with van der Waals surface area (Å²) < 4.78 is 18.8. The Morgan fingerprint density at radius 2 is 2.09 bits per heavy atom. The van der Waals surface area contributed by atoms with Gasteiger partial charge in [0.25, 0.3) is 0 Å². The average molecular weight is 456 g/mol. The van der Waals surface area contributed by atoms with Crippen LogP contribution in [0.5, 0.6) is 0 Å². The summed E-state index contributed by atoms with van der Waals surface area (Å²) in [5, 5.41) is 4.97. The molecule has 2 aromatic heterocycles. The highest BCUT2D eigenvalue weighted by molar-refractivity contribution is 7.10. The molecule has 1 aliphatic heterocycles. The van der Waals surface area contributed by atoms with Crippen LogP contribution in [0.25, 0.3) is 11.3 Å². The van der Waals surface area contributed by atoms with Crippen LogP contribution in [0.15, 0.2) is 46.3 Å². The van der Waals surface area contributed by atoms with Crippen LogP contribution in [0.4, 0.5) is 4.39 Å². The van der Waals surface area contributed by atoms with Gasteiger partial charge in [0.15, 0.2) is 11.7 Å². The molecule has 0 radical (unpaired) electrons. The molecular formula is C24H26FN3O3S. The molecule has 0 spiro atoms. The molecular weight excluding hydrogens is 429 g/mol. The van der Waals surface area contributed by atoms with Crippen molar-refractivity contribution in [2.45, 2.75) is 51.6 Å². The van der Waals surface area contributed by atoms with Crippen molar-refractivity contribution in [1.82, 2.24) is 15.2 Å². The molecule has 4 rings (SSSR count). The van der Waals surface area contributed by atoms with Crippen LogP contribution in [0.1, 0.15) is 42.5 Å². The summed E-state index contributed by atoms with van der Waals surface area (Å²) >= 11 is 1.73. The summed E-state index contributed by atoms with van der Waals surface area (Å²) in [6.07, 6.45) is 4.33. The molecule has 1 unspecified atom stereocenters. The van der Waals surface area contributed by atoms with E-state index in [0.29, 0.717) is 37.6 Å². The van der Waals surface area contributed by atoms with Crippen LogP contribution in [0.2, 0.25) is 0 Å². The first-order valence-electron chi connectivity index (χ1n) is 10.9. The van der Waals surface area contributed by atoms with Gasteiger partial charge in [-0.25, -0.2) is 9.37 Å². The molecule has 6 nitrogen and oxygen atoms in total. The van der Waals surface area contributed by atoms with E-state index in [1.165, 1.54) is 22.6 Å². The maximum absolute atomic E-state index is 13.1. The number of rotatable bonds is 8. The first kappa shape index (κ1) is 22.2. The van der Waals surface area contributed by atoms with Gasteiger partial charge in [0, 0.05) is 36.4 Å². The van der Waals surface area contributed by atoms with E-state index in [2.05, 4.69) is 21.7 Å². The molecule has 8 heteroatoms. The number of aryl methyl sites for hydroxylation is 1. The average Bonchev–Trinajstić information content (AvgIpc) is 3.46. The largest absolute Gasteiger partial charge is 0.441 e. The summed E-state index contributed by atoms with van der Waals surface area (Å²) in [6, 6.07) is 7.50. The highest BCUT2D eigenvalue weighted by Gasteiger charge is 2.28. The number of halogens is 1. The molecule has 168 valence electrons. The Kier molecular flexibility index (Phi) is 6.99. The summed E-state index contributed by atoms with van der Waals surface area (Å²) in [4.78, 5) is 33.0. The lowest BCUT2D eigenvalue weighted by molar-refractivity contribution is -0.137. The topological polar surface area (TPSA) is 75.4 Å². The highest BCUT2D eigenvalue weighted by Crippen LogP contribution is 2.25. The standard InChI is InChI=1S/C24H26FN3O3S/c1-2-3-19(24(30)28-12-10-21-17(15-28)11-13-32-21)27-22(29)8-9-23-26-14-20(31-23)16-4-6-18(25)7-5-16/h4-7,11,13-14,19H,2-3,8-10,12,15H2,1H3,(H,27,29). The number of nitrogens with one attached hydrogen (secondary N) is 1. The minimum absolute atomic E-state index is 0.0215. The number of oxazole rings is 1. The van der Waals surface area contributed by atoms with E-state index in [4.69, 9.17) is 4.42 Å². The van der Waals surface area contributed by atoms with Gasteiger partial charge in [-0.15, -0.1) is 11.3 Å². The van der Waals surface area contributed by atoms with Crippen molar-refractivity contribution in [1.29, 1.82) is 0 Å². The van der Waals surface area contributed by atoms with Crippen molar-refractivity contribution in [2.24, 2.45) is 0 Å². The highest BCUT2D eigenvalue weighted by atomic mass is 32.1. The maximum Gasteiger partial charge on any atom is 0.245 e. The zero-order chi connectivity index (χ0) is 22.5. The molecule has 0 saturated carbocycles. The number of thiophene rings is 1. The summed E-state index contributed by atoms with van der Waals surface area (Å²) in [5.41, 5.74) is 1.93. The maximum atomic E-state index is 13.1. The van der Waals surface area contributed by atoms with Crippen LogP contribution < -0.4 is 5.32 Å². The number of benzene rings is 1. The minimum atomic E-state index is -0.521. The molecule has 1 aromatic carbocycles. The lowest BCUT2D eigenvalue weighted by atomic mass is 10.1. The van der Waals surface area contributed by atoms with E-state index in [1.807, 2.05) is 11.8 Å². The fourth-order valence-corrected chi connectivity index (χ4v) is 4.75. The molecule has 2 amide bonds. The van der Waals surface area contributed by atoms with E-state index < -0.39 is 6.04 Å². The Morgan fingerprint density at radius 1 is 1.28 bits per heavy atom. The van der Waals surface area contributed by atoms with Crippen LogP contribution in [0, 0.1) is 5.82 Å². The minimum Gasteiger partial charge on any atom is -0.441 e. The van der Waals surface area contributed by atoms with E-state index in [9.17, 15) is 14.0 Å². The second-order valence-electron chi connectivity index (χ2n) is 7.91. The Hall–Kier alpha value is -3.00. The molecule has 0 bridgehead atoms. The van der Waals surface area contributed by atoms with Crippen molar-refractivity contribution < 1.29 is 18.4 Å². The van der Waals surface area contributed by atoms with Crippen LogP contribution in [0.3, 0.4) is 0 Å². The van der Waals surface area contributed by atoms with Gasteiger partial charge in [0.1, 0.15) is 11.9 Å². The van der Waals surface area contributed by atoms with E-state index in [0.717, 1.165) is 18.4 Å². The van der Waals surface area contributed by atoms with Crippen LogP contribution in [-0.4, -0.2) is 34.3 Å². The van der Waals surface area contributed by atoms with Crippen molar-refractivity contribution >= 4 is 23.2 Å². The van der Waals surface area contributed by atoms with Crippen molar-refractivity contribution in [3.8, 4) is 11.3 Å². The fraction of sp³-hybridized carbons (Fsp3) is 0.375. The number of hydrogen-bond donors (Lipinski definition) is 1. The number of carbonyl (C=O) groups is 2. The Balaban J connectivity index is 1.31. The number of amides is 2. The third-order valence-corrected chi connectivity index (χ3v) is 6.60. The molecule has 3 aromatic rings. The molecule has 0 saturated heterocycles. The molecule has 0 fully saturated rings. The molecule has 1 aliphatic rings. The predicted octanol–water partition coefficient (Wildman–Crippen LogP) is 4.34. The SMILES string of the molecule is CCCC(NC(=O)CCc1ncc(-c2ccc(F)cc2)o1)C(=O)N1CCc2sccc2C1. The van der Waals surface area contributed by atoms with Crippen molar-refractivity contribution in [3.63, 3.8) is 0 Å². The van der Waals surface area contributed by atoms with Gasteiger partial charge in [-0.3, -0.25) is 9.59 Å². The predicted molar refractivity (Wildman–Crippen MR) is 120 cm³/mol. The second kappa shape index (κ2) is 10.1. The third-order valence-electron chi connectivity index (χ3n) is 5.58. The van der Waals surface area contributed by atoms with Crippen LogP contribution in [-0.2, 0) is 29.0 Å². The molecule has 1 N–H and O–H groups in total. The Morgan fingerprint density at radius 3 is 2.88 bits per heavy atom. The number of carbonyl (C=O) groups excluding carboxylic acids is 2. The molecule has 32 heavy (non-hydrogen) atoms. The fourth-order valence-electron chi connectivity index (χ4n) is 3.86. The van der Waals surface area contributed by atoms with Gasteiger partial charge in [0.05, 0.1) is 6.20 Å². The molecule has 0 aliphatic carbocycles. The van der Waals surface area contributed by atoms with E-state index in [1.54, 1.807) is 29.7 Å². The van der Waals surface area contributed by atoms with Gasteiger partial charge in [0.2, 0.25) is 11.8 Å². The summed E-state index contributed by atoms with van der Waals surface area (Å²) in [6.45, 7) is 3.30. The van der Waals surface area contributed by atoms with Gasteiger partial charge in [-0.05, 0) is 54.1 Å². The van der Waals surface area contributed by atoms with Crippen molar-refractivity contribution in [3.05, 3.63) is 64.1 Å². The lowest BCUT2D eigenvalue weighted by Crippen LogP contribution is -2.49.